The Hall–Kier alpha value is -2.78. The molecule has 0 aliphatic heterocycles. The van der Waals surface area contributed by atoms with Crippen LogP contribution in [0.25, 0.3) is 21.8 Å². The highest BCUT2D eigenvalue weighted by atomic mass is 14.9. The van der Waals surface area contributed by atoms with Crippen LogP contribution in [-0.2, 0) is 6.54 Å². The van der Waals surface area contributed by atoms with E-state index in [4.69, 9.17) is 5.73 Å². The molecule has 22 heavy (non-hydrogen) atoms. The van der Waals surface area contributed by atoms with Gasteiger partial charge in [-0.25, -0.2) is 0 Å². The third kappa shape index (κ3) is 2.12. The van der Waals surface area contributed by atoms with Crippen molar-refractivity contribution in [1.29, 1.82) is 0 Å². The summed E-state index contributed by atoms with van der Waals surface area (Å²) in [6, 6.07) is 22.8. The minimum absolute atomic E-state index is 0.500. The molecule has 0 unspecified atom stereocenters. The van der Waals surface area contributed by atoms with Gasteiger partial charge in [-0.15, -0.1) is 0 Å². The van der Waals surface area contributed by atoms with Crippen LogP contribution in [0.2, 0.25) is 0 Å². The first-order valence-corrected chi connectivity index (χ1v) is 7.40. The topological polar surface area (TPSA) is 53.8 Å². The highest BCUT2D eigenvalue weighted by Crippen LogP contribution is 2.31. The van der Waals surface area contributed by atoms with Crippen molar-refractivity contribution in [3.63, 3.8) is 0 Å². The summed E-state index contributed by atoms with van der Waals surface area (Å²) in [5.41, 5.74) is 11.4. The van der Waals surface area contributed by atoms with Gasteiger partial charge in [0.05, 0.1) is 0 Å². The average Bonchev–Trinajstić information content (AvgIpc) is 2.93. The van der Waals surface area contributed by atoms with Crippen LogP contribution in [0.4, 0.5) is 11.4 Å². The number of nitrogens with one attached hydrogen (secondary N) is 2. The lowest BCUT2D eigenvalue weighted by molar-refractivity contribution is 1.08. The molecule has 0 atom stereocenters. The van der Waals surface area contributed by atoms with Gasteiger partial charge in [0.25, 0.3) is 0 Å². The molecule has 4 N–H and O–H groups in total. The number of nitrogens with two attached hydrogens (primary N) is 1. The predicted molar refractivity (Wildman–Crippen MR) is 93.4 cm³/mol. The Bertz CT molecular complexity index is 939. The van der Waals surface area contributed by atoms with Gasteiger partial charge < -0.3 is 16.0 Å². The Morgan fingerprint density at radius 1 is 0.818 bits per heavy atom. The summed E-state index contributed by atoms with van der Waals surface area (Å²) in [7, 11) is 0. The third-order valence-electron chi connectivity index (χ3n) is 4.00. The molecule has 4 rings (SSSR count). The quantitative estimate of drug-likeness (QED) is 0.519. The normalized spacial score (nSPS) is 11.1. The molecule has 0 saturated heterocycles. The van der Waals surface area contributed by atoms with Crippen LogP contribution in [0, 0.1) is 0 Å². The van der Waals surface area contributed by atoms with Crippen LogP contribution in [0.5, 0.6) is 0 Å². The summed E-state index contributed by atoms with van der Waals surface area (Å²) in [5, 5.41) is 5.92. The molecule has 3 aromatic carbocycles. The van der Waals surface area contributed by atoms with Crippen LogP contribution in [0.15, 0.2) is 66.7 Å². The fraction of sp³-hybridized carbons (Fsp3) is 0.0526. The maximum Gasteiger partial charge on any atom is 0.0469 e. The molecular weight excluding hydrogens is 270 g/mol. The Labute approximate surface area is 128 Å². The van der Waals surface area contributed by atoms with E-state index >= 15 is 0 Å². The Kier molecular flexibility index (Phi) is 3.06. The van der Waals surface area contributed by atoms with Gasteiger partial charge in [-0.3, -0.25) is 0 Å². The van der Waals surface area contributed by atoms with Crippen molar-refractivity contribution < 1.29 is 0 Å². The Morgan fingerprint density at radius 3 is 2.41 bits per heavy atom. The number of hydrogen-bond acceptors (Lipinski definition) is 2. The zero-order valence-corrected chi connectivity index (χ0v) is 12.1. The first-order chi connectivity index (χ1) is 10.8. The van der Waals surface area contributed by atoms with Crippen LogP contribution >= 0.6 is 0 Å². The lowest BCUT2D eigenvalue weighted by Gasteiger charge is -2.11. The Balaban J connectivity index is 1.90. The second-order valence-electron chi connectivity index (χ2n) is 5.42. The first-order valence-electron chi connectivity index (χ1n) is 7.40. The van der Waals surface area contributed by atoms with Gasteiger partial charge in [0, 0.05) is 39.7 Å². The first kappa shape index (κ1) is 12.9. The lowest BCUT2D eigenvalue weighted by atomic mass is 10.1. The zero-order chi connectivity index (χ0) is 14.9. The maximum absolute atomic E-state index is 5.94. The van der Waals surface area contributed by atoms with Crippen molar-refractivity contribution in [3.05, 3.63) is 72.3 Å². The fourth-order valence-electron chi connectivity index (χ4n) is 2.91. The van der Waals surface area contributed by atoms with Crippen molar-refractivity contribution in [2.75, 3.05) is 5.32 Å². The summed E-state index contributed by atoms with van der Waals surface area (Å²) in [4.78, 5) is 3.46. The van der Waals surface area contributed by atoms with E-state index in [0.29, 0.717) is 6.54 Å². The number of para-hydroxylation sites is 2. The molecule has 108 valence electrons. The van der Waals surface area contributed by atoms with Gasteiger partial charge >= 0.3 is 0 Å². The number of rotatable bonds is 3. The van der Waals surface area contributed by atoms with Crippen LogP contribution in [-0.4, -0.2) is 4.98 Å². The predicted octanol–water partition coefficient (Wildman–Crippen LogP) is 4.52. The molecule has 4 aromatic rings. The summed E-state index contributed by atoms with van der Waals surface area (Å²) >= 11 is 0. The van der Waals surface area contributed by atoms with Crippen molar-refractivity contribution in [2.24, 2.45) is 5.73 Å². The molecule has 0 bridgehead atoms. The molecular formula is C19H17N3. The van der Waals surface area contributed by atoms with Crippen LogP contribution < -0.4 is 11.1 Å². The van der Waals surface area contributed by atoms with Crippen LogP contribution in [0.3, 0.4) is 0 Å². The van der Waals surface area contributed by atoms with Gasteiger partial charge in [0.2, 0.25) is 0 Å². The maximum atomic E-state index is 5.94. The lowest BCUT2D eigenvalue weighted by Crippen LogP contribution is -2.02. The van der Waals surface area contributed by atoms with E-state index in [9.17, 15) is 0 Å². The van der Waals surface area contributed by atoms with Crippen molar-refractivity contribution in [1.82, 2.24) is 4.98 Å². The average molecular weight is 287 g/mol. The van der Waals surface area contributed by atoms with E-state index in [1.807, 2.05) is 24.3 Å². The minimum Gasteiger partial charge on any atom is -0.355 e. The molecule has 0 amide bonds. The van der Waals surface area contributed by atoms with Crippen molar-refractivity contribution >= 4 is 33.2 Å². The molecule has 0 radical (unpaired) electrons. The Morgan fingerprint density at radius 2 is 1.59 bits per heavy atom. The number of fused-ring (bicyclic) bond motifs is 3. The van der Waals surface area contributed by atoms with E-state index in [1.54, 1.807) is 0 Å². The smallest absolute Gasteiger partial charge is 0.0469 e. The summed E-state index contributed by atoms with van der Waals surface area (Å²) in [5.74, 6) is 0. The van der Waals surface area contributed by atoms with Gasteiger partial charge in [-0.05, 0) is 35.9 Å². The van der Waals surface area contributed by atoms with E-state index in [1.165, 1.54) is 10.8 Å². The number of anilines is 2. The highest BCUT2D eigenvalue weighted by molar-refractivity contribution is 6.08. The second kappa shape index (κ2) is 5.20. The number of H-pyrrole nitrogens is 1. The zero-order valence-electron chi connectivity index (χ0n) is 12.1. The highest BCUT2D eigenvalue weighted by Gasteiger charge is 2.09. The van der Waals surface area contributed by atoms with Crippen molar-refractivity contribution in [2.45, 2.75) is 6.54 Å². The van der Waals surface area contributed by atoms with E-state index in [-0.39, 0.29) is 0 Å². The monoisotopic (exact) mass is 287 g/mol. The van der Waals surface area contributed by atoms with Gasteiger partial charge in [0.1, 0.15) is 0 Å². The minimum atomic E-state index is 0.500. The summed E-state index contributed by atoms with van der Waals surface area (Å²) in [6.07, 6.45) is 0. The largest absolute Gasteiger partial charge is 0.355 e. The summed E-state index contributed by atoms with van der Waals surface area (Å²) < 4.78 is 0. The van der Waals surface area contributed by atoms with Gasteiger partial charge in [0.15, 0.2) is 0 Å². The van der Waals surface area contributed by atoms with E-state index in [2.05, 4.69) is 52.8 Å². The molecule has 1 heterocycles. The summed E-state index contributed by atoms with van der Waals surface area (Å²) in [6.45, 7) is 0.500. The molecule has 0 spiro atoms. The van der Waals surface area contributed by atoms with E-state index in [0.717, 1.165) is 28.0 Å². The molecule has 0 fully saturated rings. The van der Waals surface area contributed by atoms with Crippen molar-refractivity contribution in [3.8, 4) is 0 Å². The third-order valence-corrected chi connectivity index (χ3v) is 4.00. The SMILES string of the molecule is NCc1cc2[nH]c3ccccc3c2cc1Nc1ccccc1. The number of hydrogen-bond donors (Lipinski definition) is 3. The molecule has 3 heteroatoms. The molecule has 0 aliphatic rings. The van der Waals surface area contributed by atoms with Gasteiger partial charge in [-0.2, -0.15) is 0 Å². The van der Waals surface area contributed by atoms with Gasteiger partial charge in [-0.1, -0.05) is 36.4 Å². The molecule has 1 aromatic heterocycles. The fourth-order valence-corrected chi connectivity index (χ4v) is 2.91. The number of aromatic nitrogens is 1. The number of benzene rings is 3. The molecule has 0 saturated carbocycles. The number of aromatic amines is 1. The molecule has 3 nitrogen and oxygen atoms in total. The van der Waals surface area contributed by atoms with E-state index < -0.39 is 0 Å². The molecule has 0 aliphatic carbocycles. The van der Waals surface area contributed by atoms with Crippen LogP contribution in [0.1, 0.15) is 5.56 Å². The standard InChI is InChI=1S/C19H17N3/c20-12-13-10-19-16(15-8-4-5-9-17(15)22-19)11-18(13)21-14-6-2-1-3-7-14/h1-11,21-22H,12,20H2. The second-order valence-corrected chi connectivity index (χ2v) is 5.42.